The Morgan fingerprint density at radius 2 is 1.90 bits per heavy atom. The van der Waals surface area contributed by atoms with Crippen molar-refractivity contribution >= 4 is 5.91 Å². The minimum absolute atomic E-state index is 0.222. The summed E-state index contributed by atoms with van der Waals surface area (Å²) in [4.78, 5) is 13.6. The van der Waals surface area contributed by atoms with E-state index in [1.54, 1.807) is 33.0 Å². The lowest BCUT2D eigenvalue weighted by atomic mass is 10.1. The zero-order valence-electron chi connectivity index (χ0n) is 11.5. The van der Waals surface area contributed by atoms with Gasteiger partial charge < -0.3 is 9.32 Å². The van der Waals surface area contributed by atoms with Gasteiger partial charge in [-0.3, -0.25) is 4.79 Å². The zero-order valence-corrected chi connectivity index (χ0v) is 11.5. The van der Waals surface area contributed by atoms with E-state index in [4.69, 9.17) is 4.42 Å². The number of halogens is 2. The summed E-state index contributed by atoms with van der Waals surface area (Å²) in [5, 5.41) is 0. The normalized spacial score (nSPS) is 12.2. The van der Waals surface area contributed by atoms with Crippen LogP contribution in [0.3, 0.4) is 0 Å². The van der Waals surface area contributed by atoms with Crippen LogP contribution < -0.4 is 0 Å². The molecule has 0 aliphatic carbocycles. The molecule has 1 unspecified atom stereocenters. The first kappa shape index (κ1) is 14.2. The van der Waals surface area contributed by atoms with Gasteiger partial charge in [0.2, 0.25) is 0 Å². The fourth-order valence-electron chi connectivity index (χ4n) is 1.90. The van der Waals surface area contributed by atoms with Crippen molar-refractivity contribution in [3.63, 3.8) is 0 Å². The quantitative estimate of drug-likeness (QED) is 0.858. The lowest BCUT2D eigenvalue weighted by Gasteiger charge is -2.24. The van der Waals surface area contributed by atoms with Crippen LogP contribution in [-0.2, 0) is 0 Å². The minimum Gasteiger partial charge on any atom is -0.456 e. The van der Waals surface area contributed by atoms with Gasteiger partial charge in [0.25, 0.3) is 5.91 Å². The lowest BCUT2D eigenvalue weighted by Crippen LogP contribution is -2.29. The van der Waals surface area contributed by atoms with E-state index in [1.807, 2.05) is 0 Å². The maximum Gasteiger partial charge on any atom is 0.289 e. The van der Waals surface area contributed by atoms with E-state index in [0.29, 0.717) is 11.3 Å². The van der Waals surface area contributed by atoms with Crippen LogP contribution in [-0.4, -0.2) is 17.9 Å². The van der Waals surface area contributed by atoms with Crippen molar-refractivity contribution in [2.75, 3.05) is 7.05 Å². The third kappa shape index (κ3) is 2.71. The highest BCUT2D eigenvalue weighted by atomic mass is 19.2. The van der Waals surface area contributed by atoms with Gasteiger partial charge >= 0.3 is 0 Å². The molecule has 0 bridgehead atoms. The van der Waals surface area contributed by atoms with Gasteiger partial charge in [0.1, 0.15) is 5.76 Å². The number of amides is 1. The first-order valence-corrected chi connectivity index (χ1v) is 6.18. The number of aryl methyl sites for hydroxylation is 1. The number of hydrogen-bond acceptors (Lipinski definition) is 2. The Hall–Kier alpha value is -2.17. The smallest absolute Gasteiger partial charge is 0.289 e. The molecule has 0 saturated heterocycles. The van der Waals surface area contributed by atoms with Crippen molar-refractivity contribution in [3.05, 3.63) is 59.1 Å². The molecule has 1 aromatic carbocycles. The molecule has 0 fully saturated rings. The number of furan rings is 1. The van der Waals surface area contributed by atoms with Crippen molar-refractivity contribution in [1.29, 1.82) is 0 Å². The maximum atomic E-state index is 13.2. The largest absolute Gasteiger partial charge is 0.456 e. The summed E-state index contributed by atoms with van der Waals surface area (Å²) in [5.41, 5.74) is 0.517. The van der Waals surface area contributed by atoms with Crippen LogP contribution in [0.1, 0.15) is 34.8 Å². The van der Waals surface area contributed by atoms with Crippen molar-refractivity contribution in [3.8, 4) is 0 Å². The average molecular weight is 279 g/mol. The van der Waals surface area contributed by atoms with Gasteiger partial charge in [-0.2, -0.15) is 0 Å². The summed E-state index contributed by atoms with van der Waals surface area (Å²) in [6.45, 7) is 3.48. The molecule has 0 N–H and O–H groups in total. The summed E-state index contributed by atoms with van der Waals surface area (Å²) in [6, 6.07) is 6.49. The average Bonchev–Trinajstić information content (AvgIpc) is 2.86. The molecule has 0 aliphatic rings. The van der Waals surface area contributed by atoms with Crippen molar-refractivity contribution in [2.45, 2.75) is 19.9 Å². The first-order chi connectivity index (χ1) is 9.40. The number of rotatable bonds is 3. The molecule has 3 nitrogen and oxygen atoms in total. The summed E-state index contributed by atoms with van der Waals surface area (Å²) in [6.07, 6.45) is 0. The number of nitrogens with zero attached hydrogens (tertiary/aromatic N) is 1. The van der Waals surface area contributed by atoms with Crippen LogP contribution in [0.4, 0.5) is 8.78 Å². The maximum absolute atomic E-state index is 13.2. The van der Waals surface area contributed by atoms with Crippen LogP contribution in [0.15, 0.2) is 34.7 Å². The molecule has 0 saturated carbocycles. The van der Waals surface area contributed by atoms with Gasteiger partial charge in [-0.15, -0.1) is 0 Å². The van der Waals surface area contributed by atoms with Gasteiger partial charge in [-0.05, 0) is 43.7 Å². The Morgan fingerprint density at radius 1 is 1.20 bits per heavy atom. The number of carbonyl (C=O) groups excluding carboxylic acids is 1. The van der Waals surface area contributed by atoms with E-state index in [0.717, 1.165) is 12.1 Å². The molecule has 1 amide bonds. The molecule has 2 aromatic rings. The zero-order chi connectivity index (χ0) is 14.9. The standard InChI is InChI=1S/C15H15F2NO2/c1-9-4-7-14(20-9)15(19)18(3)10(2)11-5-6-12(16)13(17)8-11/h4-8,10H,1-3H3. The third-order valence-corrected chi connectivity index (χ3v) is 3.28. The molecule has 106 valence electrons. The summed E-state index contributed by atoms with van der Waals surface area (Å²) >= 11 is 0. The Kier molecular flexibility index (Phi) is 3.88. The molecule has 5 heteroatoms. The molecule has 2 rings (SSSR count). The van der Waals surface area contributed by atoms with E-state index in [2.05, 4.69) is 0 Å². The van der Waals surface area contributed by atoms with Crippen molar-refractivity contribution < 1.29 is 18.0 Å². The van der Waals surface area contributed by atoms with E-state index >= 15 is 0 Å². The Balaban J connectivity index is 2.21. The second kappa shape index (κ2) is 5.45. The van der Waals surface area contributed by atoms with E-state index in [9.17, 15) is 13.6 Å². The minimum atomic E-state index is -0.927. The number of benzene rings is 1. The van der Waals surface area contributed by atoms with E-state index in [-0.39, 0.29) is 11.7 Å². The lowest BCUT2D eigenvalue weighted by molar-refractivity contribution is 0.0708. The van der Waals surface area contributed by atoms with E-state index in [1.165, 1.54) is 11.0 Å². The second-order valence-electron chi connectivity index (χ2n) is 4.68. The molecular formula is C15H15F2NO2. The fraction of sp³-hybridized carbons (Fsp3) is 0.267. The molecule has 1 atom stereocenters. The molecule has 0 aliphatic heterocycles. The van der Waals surface area contributed by atoms with Crippen LogP contribution >= 0.6 is 0 Å². The molecule has 0 radical (unpaired) electrons. The first-order valence-electron chi connectivity index (χ1n) is 6.18. The Morgan fingerprint density at radius 3 is 2.45 bits per heavy atom. The summed E-state index contributed by atoms with van der Waals surface area (Å²) in [5.74, 6) is -1.28. The van der Waals surface area contributed by atoms with Gasteiger partial charge in [-0.1, -0.05) is 6.07 Å². The van der Waals surface area contributed by atoms with Crippen molar-refractivity contribution in [1.82, 2.24) is 4.90 Å². The summed E-state index contributed by atoms with van der Waals surface area (Å²) < 4.78 is 31.4. The number of hydrogen-bond donors (Lipinski definition) is 0. The van der Waals surface area contributed by atoms with E-state index < -0.39 is 17.7 Å². The summed E-state index contributed by atoms with van der Waals surface area (Å²) in [7, 11) is 1.59. The molecular weight excluding hydrogens is 264 g/mol. The highest BCUT2D eigenvalue weighted by Crippen LogP contribution is 2.23. The van der Waals surface area contributed by atoms with Gasteiger partial charge in [0.05, 0.1) is 6.04 Å². The predicted octanol–water partition coefficient (Wildman–Crippen LogP) is 3.70. The Labute approximate surface area is 115 Å². The number of carbonyl (C=O) groups is 1. The van der Waals surface area contributed by atoms with Gasteiger partial charge in [-0.25, -0.2) is 8.78 Å². The SMILES string of the molecule is Cc1ccc(C(=O)N(C)C(C)c2ccc(F)c(F)c2)o1. The van der Waals surface area contributed by atoms with Crippen LogP contribution in [0.2, 0.25) is 0 Å². The van der Waals surface area contributed by atoms with Gasteiger partial charge in [0, 0.05) is 7.05 Å². The molecule has 1 heterocycles. The predicted molar refractivity (Wildman–Crippen MR) is 70.3 cm³/mol. The van der Waals surface area contributed by atoms with Crippen LogP contribution in [0, 0.1) is 18.6 Å². The highest BCUT2D eigenvalue weighted by molar-refractivity contribution is 5.91. The monoisotopic (exact) mass is 279 g/mol. The molecule has 0 spiro atoms. The highest BCUT2D eigenvalue weighted by Gasteiger charge is 2.22. The van der Waals surface area contributed by atoms with Crippen LogP contribution in [0.5, 0.6) is 0 Å². The topological polar surface area (TPSA) is 33.5 Å². The van der Waals surface area contributed by atoms with Gasteiger partial charge in [0.15, 0.2) is 17.4 Å². The third-order valence-electron chi connectivity index (χ3n) is 3.28. The molecule has 20 heavy (non-hydrogen) atoms. The fourth-order valence-corrected chi connectivity index (χ4v) is 1.90. The second-order valence-corrected chi connectivity index (χ2v) is 4.68. The van der Waals surface area contributed by atoms with Crippen molar-refractivity contribution in [2.24, 2.45) is 0 Å². The molecule has 1 aromatic heterocycles. The van der Waals surface area contributed by atoms with Crippen LogP contribution in [0.25, 0.3) is 0 Å². The Bertz CT molecular complexity index is 637.